The predicted molar refractivity (Wildman–Crippen MR) is 64.4 cm³/mol. The van der Waals surface area contributed by atoms with Gasteiger partial charge in [0.1, 0.15) is 10.7 Å². The molecule has 0 atom stereocenters. The zero-order valence-electron chi connectivity index (χ0n) is 8.57. The Hall–Kier alpha value is -0.930. The van der Waals surface area contributed by atoms with Crippen molar-refractivity contribution in [2.45, 2.75) is 19.8 Å². The van der Waals surface area contributed by atoms with Crippen molar-refractivity contribution in [1.82, 2.24) is 9.97 Å². The van der Waals surface area contributed by atoms with E-state index in [0.29, 0.717) is 10.9 Å². The fourth-order valence-corrected chi connectivity index (χ4v) is 2.40. The summed E-state index contributed by atoms with van der Waals surface area (Å²) in [5.41, 5.74) is 0.774. The quantitative estimate of drug-likeness (QED) is 0.791. The molecule has 2 heterocycles. The Morgan fingerprint density at radius 2 is 2.13 bits per heavy atom. The smallest absolute Gasteiger partial charge is 0.143 e. The lowest BCUT2D eigenvalue weighted by Gasteiger charge is -1.98. The number of rotatable bonds is 2. The van der Waals surface area contributed by atoms with Gasteiger partial charge in [0, 0.05) is 17.3 Å². The Bertz CT molecular complexity index is 465. The molecule has 2 aromatic heterocycles. The van der Waals surface area contributed by atoms with Gasteiger partial charge < -0.3 is 0 Å². The maximum atomic E-state index is 6.05. The number of hydrogen-bond acceptors (Lipinski definition) is 3. The molecule has 0 radical (unpaired) electrons. The molecule has 4 heteroatoms. The Balaban J connectivity index is 2.42. The molecule has 0 aliphatic carbocycles. The summed E-state index contributed by atoms with van der Waals surface area (Å²) in [6.45, 7) is 4.30. The fraction of sp³-hybridized carbons (Fsp3) is 0.273. The van der Waals surface area contributed by atoms with Crippen molar-refractivity contribution in [3.8, 4) is 10.7 Å². The van der Waals surface area contributed by atoms with E-state index in [4.69, 9.17) is 11.6 Å². The summed E-state index contributed by atoms with van der Waals surface area (Å²) in [5.74, 6) is 0.499. The van der Waals surface area contributed by atoms with Crippen LogP contribution in [0.4, 0.5) is 0 Å². The highest BCUT2D eigenvalue weighted by Crippen LogP contribution is 2.31. The van der Waals surface area contributed by atoms with Crippen molar-refractivity contribution in [1.29, 1.82) is 0 Å². The highest BCUT2D eigenvalue weighted by molar-refractivity contribution is 7.15. The Labute approximate surface area is 98.0 Å². The van der Waals surface area contributed by atoms with Gasteiger partial charge in [-0.3, -0.25) is 4.98 Å². The molecule has 2 nitrogen and oxygen atoms in total. The Morgan fingerprint density at radius 3 is 2.73 bits per heavy atom. The molecule has 0 fully saturated rings. The summed E-state index contributed by atoms with van der Waals surface area (Å²) in [7, 11) is 0. The van der Waals surface area contributed by atoms with E-state index in [2.05, 4.69) is 23.8 Å². The highest BCUT2D eigenvalue weighted by Gasteiger charge is 2.10. The first-order chi connectivity index (χ1) is 7.18. The predicted octanol–water partition coefficient (Wildman–Crippen LogP) is 3.98. The van der Waals surface area contributed by atoms with Crippen LogP contribution in [0.3, 0.4) is 0 Å². The number of thiazole rings is 1. The summed E-state index contributed by atoms with van der Waals surface area (Å²) in [4.78, 5) is 9.83. The molecule has 0 aromatic carbocycles. The SMILES string of the molecule is CC(C)c1cnc(-c2ncccc2Cl)s1. The van der Waals surface area contributed by atoms with E-state index in [-0.39, 0.29) is 0 Å². The summed E-state index contributed by atoms with van der Waals surface area (Å²) in [6.07, 6.45) is 3.63. The van der Waals surface area contributed by atoms with Gasteiger partial charge in [0.2, 0.25) is 0 Å². The van der Waals surface area contributed by atoms with Crippen LogP contribution in [0.5, 0.6) is 0 Å². The summed E-state index contributed by atoms with van der Waals surface area (Å²) in [5, 5.41) is 1.55. The minimum absolute atomic E-state index is 0.499. The van der Waals surface area contributed by atoms with Gasteiger partial charge in [-0.1, -0.05) is 25.4 Å². The monoisotopic (exact) mass is 238 g/mol. The van der Waals surface area contributed by atoms with Crippen molar-refractivity contribution in [2.24, 2.45) is 0 Å². The molecular formula is C11H11ClN2S. The maximum absolute atomic E-state index is 6.05. The van der Waals surface area contributed by atoms with Gasteiger partial charge in [-0.15, -0.1) is 11.3 Å². The molecule has 0 spiro atoms. The van der Waals surface area contributed by atoms with E-state index in [1.165, 1.54) is 4.88 Å². The van der Waals surface area contributed by atoms with Gasteiger partial charge >= 0.3 is 0 Å². The first-order valence-corrected chi connectivity index (χ1v) is 5.94. The molecule has 0 unspecified atom stereocenters. The van der Waals surface area contributed by atoms with Crippen LogP contribution in [-0.4, -0.2) is 9.97 Å². The summed E-state index contributed by atoms with van der Waals surface area (Å²) in [6, 6.07) is 3.66. The van der Waals surface area contributed by atoms with Crippen LogP contribution in [0.25, 0.3) is 10.7 Å². The molecule has 0 N–H and O–H groups in total. The Kier molecular flexibility index (Phi) is 3.03. The van der Waals surface area contributed by atoms with Crippen LogP contribution >= 0.6 is 22.9 Å². The standard InChI is InChI=1S/C11H11ClN2S/c1-7(2)9-6-14-11(15-9)10-8(12)4-3-5-13-10/h3-7H,1-2H3. The zero-order chi connectivity index (χ0) is 10.8. The van der Waals surface area contributed by atoms with Crippen LogP contribution in [0.1, 0.15) is 24.6 Å². The topological polar surface area (TPSA) is 25.8 Å². The summed E-state index contributed by atoms with van der Waals surface area (Å²) >= 11 is 7.70. The first-order valence-electron chi connectivity index (χ1n) is 4.75. The molecule has 0 amide bonds. The van der Waals surface area contributed by atoms with Crippen LogP contribution in [0.2, 0.25) is 5.02 Å². The van der Waals surface area contributed by atoms with Crippen molar-refractivity contribution >= 4 is 22.9 Å². The van der Waals surface area contributed by atoms with Crippen molar-refractivity contribution in [3.63, 3.8) is 0 Å². The number of nitrogens with zero attached hydrogens (tertiary/aromatic N) is 2. The zero-order valence-corrected chi connectivity index (χ0v) is 10.1. The van der Waals surface area contributed by atoms with Crippen molar-refractivity contribution < 1.29 is 0 Å². The van der Waals surface area contributed by atoms with Crippen LogP contribution in [0, 0.1) is 0 Å². The second-order valence-electron chi connectivity index (χ2n) is 3.56. The molecule has 2 rings (SSSR count). The van der Waals surface area contributed by atoms with E-state index in [1.54, 1.807) is 17.5 Å². The van der Waals surface area contributed by atoms with Gasteiger partial charge in [-0.2, -0.15) is 0 Å². The third-order valence-corrected chi connectivity index (χ3v) is 3.66. The molecule has 0 bridgehead atoms. The Morgan fingerprint density at radius 1 is 1.33 bits per heavy atom. The molecule has 0 saturated heterocycles. The molecule has 0 aliphatic rings. The third kappa shape index (κ3) is 2.19. The number of halogens is 1. The molecule has 0 saturated carbocycles. The molecule has 2 aromatic rings. The first kappa shape index (κ1) is 10.6. The minimum Gasteiger partial charge on any atom is -0.252 e. The third-order valence-electron chi connectivity index (χ3n) is 2.05. The van der Waals surface area contributed by atoms with Gasteiger partial charge in [-0.05, 0) is 18.1 Å². The van der Waals surface area contributed by atoms with Crippen molar-refractivity contribution in [2.75, 3.05) is 0 Å². The van der Waals surface area contributed by atoms with E-state index in [0.717, 1.165) is 10.7 Å². The lowest BCUT2D eigenvalue weighted by molar-refractivity contribution is 0.885. The maximum Gasteiger partial charge on any atom is 0.143 e. The average molecular weight is 239 g/mol. The largest absolute Gasteiger partial charge is 0.252 e. The number of hydrogen-bond donors (Lipinski definition) is 0. The van der Waals surface area contributed by atoms with Crippen LogP contribution < -0.4 is 0 Å². The molecular weight excluding hydrogens is 228 g/mol. The van der Waals surface area contributed by atoms with Crippen LogP contribution in [0.15, 0.2) is 24.5 Å². The van der Waals surface area contributed by atoms with Crippen molar-refractivity contribution in [3.05, 3.63) is 34.4 Å². The second kappa shape index (κ2) is 4.29. The van der Waals surface area contributed by atoms with Gasteiger partial charge in [0.15, 0.2) is 0 Å². The van der Waals surface area contributed by atoms with Gasteiger partial charge in [0.25, 0.3) is 0 Å². The molecule has 15 heavy (non-hydrogen) atoms. The number of aromatic nitrogens is 2. The number of pyridine rings is 1. The van der Waals surface area contributed by atoms with E-state index >= 15 is 0 Å². The van der Waals surface area contributed by atoms with E-state index in [9.17, 15) is 0 Å². The van der Waals surface area contributed by atoms with Crippen LogP contribution in [-0.2, 0) is 0 Å². The fourth-order valence-electron chi connectivity index (χ4n) is 1.21. The van der Waals surface area contributed by atoms with Gasteiger partial charge in [0.05, 0.1) is 5.02 Å². The minimum atomic E-state index is 0.499. The highest BCUT2D eigenvalue weighted by atomic mass is 35.5. The lowest BCUT2D eigenvalue weighted by Crippen LogP contribution is -1.81. The normalized spacial score (nSPS) is 10.9. The van der Waals surface area contributed by atoms with E-state index in [1.807, 2.05) is 18.3 Å². The molecule has 78 valence electrons. The van der Waals surface area contributed by atoms with Gasteiger partial charge in [-0.25, -0.2) is 4.98 Å². The van der Waals surface area contributed by atoms with E-state index < -0.39 is 0 Å². The average Bonchev–Trinajstić information content (AvgIpc) is 2.67. The molecule has 0 aliphatic heterocycles. The lowest BCUT2D eigenvalue weighted by atomic mass is 10.2. The second-order valence-corrected chi connectivity index (χ2v) is 5.03. The summed E-state index contributed by atoms with van der Waals surface area (Å²) < 4.78 is 0.